The molecule has 0 aliphatic rings. The van der Waals surface area contributed by atoms with Crippen molar-refractivity contribution >= 4 is 11.8 Å². The first kappa shape index (κ1) is 10.5. The quantitative estimate of drug-likeness (QED) is 0.723. The minimum Gasteiger partial charge on any atom is -0.390 e. The van der Waals surface area contributed by atoms with Crippen LogP contribution in [0.1, 0.15) is 0 Å². The van der Waals surface area contributed by atoms with Gasteiger partial charge in [-0.1, -0.05) is 0 Å². The number of aromatic nitrogens is 1. The molecule has 3 nitrogen and oxygen atoms in total. The van der Waals surface area contributed by atoms with E-state index in [1.165, 1.54) is 0 Å². The van der Waals surface area contributed by atoms with Gasteiger partial charge < -0.3 is 9.84 Å². The smallest absolute Gasteiger partial charge is 0.0867 e. The molecule has 1 unspecified atom stereocenters. The van der Waals surface area contributed by atoms with Crippen molar-refractivity contribution in [3.05, 3.63) is 24.5 Å². The van der Waals surface area contributed by atoms with Gasteiger partial charge >= 0.3 is 0 Å². The van der Waals surface area contributed by atoms with Crippen molar-refractivity contribution < 1.29 is 9.84 Å². The molecule has 1 heterocycles. The number of ether oxygens (including phenoxy) is 1. The summed E-state index contributed by atoms with van der Waals surface area (Å²) in [6.45, 7) is 0.387. The number of rotatable bonds is 5. The van der Waals surface area contributed by atoms with Gasteiger partial charge in [-0.3, -0.25) is 4.98 Å². The molecular weight excluding hydrogens is 186 g/mol. The molecule has 0 saturated carbocycles. The monoisotopic (exact) mass is 199 g/mol. The van der Waals surface area contributed by atoms with Gasteiger partial charge in [0.1, 0.15) is 0 Å². The average Bonchev–Trinajstić information content (AvgIpc) is 2.17. The second-order valence-electron chi connectivity index (χ2n) is 2.60. The summed E-state index contributed by atoms with van der Waals surface area (Å²) in [6, 6.07) is 3.84. The summed E-state index contributed by atoms with van der Waals surface area (Å²) in [7, 11) is 1.58. The topological polar surface area (TPSA) is 42.4 Å². The molecule has 0 bridgehead atoms. The molecule has 1 atom stereocenters. The van der Waals surface area contributed by atoms with Gasteiger partial charge in [-0.15, -0.1) is 11.8 Å². The van der Waals surface area contributed by atoms with Crippen LogP contribution in [-0.4, -0.2) is 35.7 Å². The Morgan fingerprint density at radius 2 is 2.23 bits per heavy atom. The predicted octanol–water partition coefficient (Wildman–Crippen LogP) is 1.18. The maximum Gasteiger partial charge on any atom is 0.0867 e. The zero-order chi connectivity index (χ0) is 9.52. The first-order chi connectivity index (χ1) is 6.33. The molecule has 0 saturated heterocycles. The number of thioether (sulfide) groups is 1. The Kier molecular flexibility index (Phi) is 4.82. The van der Waals surface area contributed by atoms with E-state index < -0.39 is 6.10 Å². The van der Waals surface area contributed by atoms with Gasteiger partial charge in [-0.05, 0) is 12.1 Å². The highest BCUT2D eigenvalue weighted by molar-refractivity contribution is 7.99. The number of hydrogen-bond acceptors (Lipinski definition) is 4. The van der Waals surface area contributed by atoms with E-state index in [1.807, 2.05) is 12.1 Å². The Bertz CT molecular complexity index is 230. The van der Waals surface area contributed by atoms with Crippen molar-refractivity contribution in [1.82, 2.24) is 4.98 Å². The van der Waals surface area contributed by atoms with Crippen LogP contribution < -0.4 is 0 Å². The molecule has 0 aromatic carbocycles. The molecule has 1 N–H and O–H groups in total. The molecule has 1 aromatic rings. The zero-order valence-corrected chi connectivity index (χ0v) is 8.33. The number of hydrogen-bond donors (Lipinski definition) is 1. The van der Waals surface area contributed by atoms with Crippen molar-refractivity contribution in [3.63, 3.8) is 0 Å². The Balaban J connectivity index is 2.27. The van der Waals surface area contributed by atoms with E-state index in [4.69, 9.17) is 4.74 Å². The fourth-order valence-corrected chi connectivity index (χ4v) is 1.66. The Morgan fingerprint density at radius 1 is 1.54 bits per heavy atom. The third kappa shape index (κ3) is 4.26. The van der Waals surface area contributed by atoms with Crippen LogP contribution in [0.4, 0.5) is 0 Å². The Labute approximate surface area is 82.1 Å². The van der Waals surface area contributed by atoms with Crippen LogP contribution >= 0.6 is 11.8 Å². The fourth-order valence-electron chi connectivity index (χ4n) is 0.867. The van der Waals surface area contributed by atoms with Crippen LogP contribution in [-0.2, 0) is 4.74 Å². The van der Waals surface area contributed by atoms with Crippen molar-refractivity contribution in [2.45, 2.75) is 11.0 Å². The van der Waals surface area contributed by atoms with Gasteiger partial charge in [-0.2, -0.15) is 0 Å². The van der Waals surface area contributed by atoms with E-state index in [0.717, 1.165) is 4.90 Å². The highest BCUT2D eigenvalue weighted by Crippen LogP contribution is 2.16. The number of aliphatic hydroxyl groups excluding tert-OH is 1. The lowest BCUT2D eigenvalue weighted by Gasteiger charge is -2.07. The summed E-state index contributed by atoms with van der Waals surface area (Å²) in [4.78, 5) is 5.02. The Hall–Kier alpha value is -0.580. The van der Waals surface area contributed by atoms with E-state index in [0.29, 0.717) is 12.4 Å². The zero-order valence-electron chi connectivity index (χ0n) is 7.51. The second-order valence-corrected chi connectivity index (χ2v) is 3.70. The molecule has 1 rings (SSSR count). The number of aliphatic hydroxyl groups is 1. The van der Waals surface area contributed by atoms with Crippen molar-refractivity contribution in [3.8, 4) is 0 Å². The molecule has 0 fully saturated rings. The molecular formula is C9H13NO2S. The van der Waals surface area contributed by atoms with Crippen LogP contribution in [0.2, 0.25) is 0 Å². The predicted molar refractivity (Wildman–Crippen MR) is 52.8 cm³/mol. The van der Waals surface area contributed by atoms with Crippen molar-refractivity contribution in [2.75, 3.05) is 19.5 Å². The van der Waals surface area contributed by atoms with Gasteiger partial charge in [0, 0.05) is 30.2 Å². The van der Waals surface area contributed by atoms with Gasteiger partial charge in [0.25, 0.3) is 0 Å². The van der Waals surface area contributed by atoms with Crippen LogP contribution in [0.5, 0.6) is 0 Å². The molecule has 0 aliphatic heterocycles. The maximum absolute atomic E-state index is 9.35. The summed E-state index contributed by atoms with van der Waals surface area (Å²) in [6.07, 6.45) is 3.08. The lowest BCUT2D eigenvalue weighted by molar-refractivity contribution is 0.0794. The second kappa shape index (κ2) is 5.96. The van der Waals surface area contributed by atoms with Gasteiger partial charge in [0.2, 0.25) is 0 Å². The molecule has 0 spiro atoms. The molecule has 0 radical (unpaired) electrons. The minimum atomic E-state index is -0.400. The molecule has 0 aliphatic carbocycles. The van der Waals surface area contributed by atoms with Crippen molar-refractivity contribution in [2.24, 2.45) is 0 Å². The number of nitrogens with zero attached hydrogens (tertiary/aromatic N) is 1. The molecule has 13 heavy (non-hydrogen) atoms. The highest BCUT2D eigenvalue weighted by atomic mass is 32.2. The van der Waals surface area contributed by atoms with Crippen LogP contribution in [0.3, 0.4) is 0 Å². The lowest BCUT2D eigenvalue weighted by Crippen LogP contribution is -2.16. The minimum absolute atomic E-state index is 0.387. The number of pyridine rings is 1. The van der Waals surface area contributed by atoms with Crippen LogP contribution in [0.15, 0.2) is 29.4 Å². The first-order valence-corrected chi connectivity index (χ1v) is 5.01. The van der Waals surface area contributed by atoms with Gasteiger partial charge in [0.05, 0.1) is 12.7 Å². The largest absolute Gasteiger partial charge is 0.390 e. The summed E-state index contributed by atoms with van der Waals surface area (Å²) in [5.41, 5.74) is 0. The third-order valence-corrected chi connectivity index (χ3v) is 2.61. The van der Waals surface area contributed by atoms with E-state index in [-0.39, 0.29) is 0 Å². The van der Waals surface area contributed by atoms with Crippen LogP contribution in [0.25, 0.3) is 0 Å². The molecule has 72 valence electrons. The average molecular weight is 199 g/mol. The van der Waals surface area contributed by atoms with E-state index in [1.54, 1.807) is 31.3 Å². The number of methoxy groups -OCH3 is 1. The Morgan fingerprint density at radius 3 is 2.85 bits per heavy atom. The summed E-state index contributed by atoms with van der Waals surface area (Å²) < 4.78 is 4.82. The summed E-state index contributed by atoms with van der Waals surface area (Å²) in [5, 5.41) is 9.35. The van der Waals surface area contributed by atoms with Gasteiger partial charge in [0.15, 0.2) is 0 Å². The van der Waals surface area contributed by atoms with Crippen LogP contribution in [0, 0.1) is 0 Å². The molecule has 4 heteroatoms. The first-order valence-electron chi connectivity index (χ1n) is 4.02. The lowest BCUT2D eigenvalue weighted by atomic mass is 10.4. The molecule has 0 amide bonds. The summed E-state index contributed by atoms with van der Waals surface area (Å²) in [5.74, 6) is 0.651. The van der Waals surface area contributed by atoms with Gasteiger partial charge in [-0.25, -0.2) is 0 Å². The van der Waals surface area contributed by atoms with Crippen molar-refractivity contribution in [1.29, 1.82) is 0 Å². The molecule has 1 aromatic heterocycles. The summed E-state index contributed by atoms with van der Waals surface area (Å²) >= 11 is 1.60. The van der Waals surface area contributed by atoms with E-state index in [9.17, 15) is 5.11 Å². The SMILES string of the molecule is COCC(O)CSc1ccncc1. The standard InChI is InChI=1S/C9H13NO2S/c1-12-6-8(11)7-13-9-2-4-10-5-3-9/h2-5,8,11H,6-7H2,1H3. The maximum atomic E-state index is 9.35. The van der Waals surface area contributed by atoms with E-state index in [2.05, 4.69) is 4.98 Å². The highest BCUT2D eigenvalue weighted by Gasteiger charge is 2.03. The fraction of sp³-hybridized carbons (Fsp3) is 0.444. The third-order valence-electron chi connectivity index (χ3n) is 1.45. The van der Waals surface area contributed by atoms with E-state index >= 15 is 0 Å². The normalized spacial score (nSPS) is 12.8.